The summed E-state index contributed by atoms with van der Waals surface area (Å²) in [5.41, 5.74) is 1.29. The lowest BCUT2D eigenvalue weighted by molar-refractivity contribution is -0.152. The molecular formula is C19H21NO4. The Morgan fingerprint density at radius 3 is 2.83 bits per heavy atom. The van der Waals surface area contributed by atoms with Gasteiger partial charge in [0.05, 0.1) is 25.2 Å². The van der Waals surface area contributed by atoms with Crippen molar-refractivity contribution in [2.24, 2.45) is 11.8 Å². The van der Waals surface area contributed by atoms with E-state index >= 15 is 0 Å². The molecule has 0 radical (unpaired) electrons. The Kier molecular flexibility index (Phi) is 3.49. The number of nitrogens with zero attached hydrogens (tertiary/aromatic N) is 1. The Balaban J connectivity index is 1.64. The molecule has 1 spiro atoms. The van der Waals surface area contributed by atoms with Gasteiger partial charge in [0.25, 0.3) is 0 Å². The summed E-state index contributed by atoms with van der Waals surface area (Å²) in [6, 6.07) is 7.84. The normalized spacial score (nSPS) is 33.2. The van der Waals surface area contributed by atoms with Crippen molar-refractivity contribution in [3.63, 3.8) is 0 Å². The number of ether oxygens (including phenoxy) is 2. The first-order valence-corrected chi connectivity index (χ1v) is 8.47. The minimum Gasteiger partial charge on any atom is -0.465 e. The number of hydrogen-bond donors (Lipinski definition) is 0. The quantitative estimate of drug-likeness (QED) is 0.629. The van der Waals surface area contributed by atoms with E-state index in [0.717, 1.165) is 17.7 Å². The van der Waals surface area contributed by atoms with Crippen LogP contribution in [0.25, 0.3) is 0 Å². The number of carbonyl (C=O) groups excluding carboxylic acids is 2. The molecule has 126 valence electrons. The van der Waals surface area contributed by atoms with Gasteiger partial charge in [0.1, 0.15) is 11.5 Å². The second kappa shape index (κ2) is 5.45. The third-order valence-corrected chi connectivity index (χ3v) is 5.17. The molecule has 1 amide bonds. The van der Waals surface area contributed by atoms with Crippen LogP contribution in [-0.4, -0.2) is 36.7 Å². The molecule has 24 heavy (non-hydrogen) atoms. The van der Waals surface area contributed by atoms with Crippen LogP contribution in [0.1, 0.15) is 18.9 Å². The minimum atomic E-state index is -0.692. The van der Waals surface area contributed by atoms with Gasteiger partial charge in [-0.25, -0.2) is 0 Å². The predicted molar refractivity (Wildman–Crippen MR) is 88.5 cm³/mol. The fraction of sp³-hybridized carbons (Fsp3) is 0.474. The molecule has 0 aliphatic carbocycles. The van der Waals surface area contributed by atoms with Crippen molar-refractivity contribution in [3.8, 4) is 0 Å². The third-order valence-electron chi connectivity index (χ3n) is 5.17. The third kappa shape index (κ3) is 2.11. The van der Waals surface area contributed by atoms with Crippen molar-refractivity contribution in [1.29, 1.82) is 0 Å². The van der Waals surface area contributed by atoms with Gasteiger partial charge in [-0.2, -0.15) is 0 Å². The molecule has 5 nitrogen and oxygen atoms in total. The van der Waals surface area contributed by atoms with E-state index in [-0.39, 0.29) is 18.0 Å². The first kappa shape index (κ1) is 15.4. The lowest BCUT2D eigenvalue weighted by Gasteiger charge is -2.22. The zero-order chi connectivity index (χ0) is 16.9. The zero-order valence-corrected chi connectivity index (χ0v) is 13.9. The highest BCUT2D eigenvalue weighted by Crippen LogP contribution is 2.52. The van der Waals surface area contributed by atoms with Crippen molar-refractivity contribution < 1.29 is 19.1 Å². The van der Waals surface area contributed by atoms with Crippen LogP contribution >= 0.6 is 0 Å². The number of hydrogen-bond acceptors (Lipinski definition) is 4. The number of aryl methyl sites for hydroxylation is 1. The fourth-order valence-corrected chi connectivity index (χ4v) is 4.01. The number of rotatable bonds is 4. The molecule has 1 aromatic carbocycles. The summed E-state index contributed by atoms with van der Waals surface area (Å²) in [6.07, 6.45) is 4.28. The summed E-state index contributed by atoms with van der Waals surface area (Å²) in [5, 5.41) is 0. The Hall–Kier alpha value is -2.14. The lowest BCUT2D eigenvalue weighted by atomic mass is 9.77. The Labute approximate surface area is 141 Å². The molecule has 3 aliphatic heterocycles. The van der Waals surface area contributed by atoms with Crippen LogP contribution in [0, 0.1) is 18.8 Å². The van der Waals surface area contributed by atoms with Gasteiger partial charge in [0.15, 0.2) is 0 Å². The summed E-state index contributed by atoms with van der Waals surface area (Å²) in [6.45, 7) is 4.79. The molecule has 2 bridgehead atoms. The van der Waals surface area contributed by atoms with Gasteiger partial charge in [-0.1, -0.05) is 36.8 Å². The summed E-state index contributed by atoms with van der Waals surface area (Å²) in [7, 11) is 0. The molecule has 0 saturated carbocycles. The van der Waals surface area contributed by atoms with Crippen LogP contribution in [-0.2, 0) is 19.1 Å². The lowest BCUT2D eigenvalue weighted by Crippen LogP contribution is -2.40. The number of anilines is 1. The van der Waals surface area contributed by atoms with Gasteiger partial charge in [0.2, 0.25) is 5.91 Å². The largest absolute Gasteiger partial charge is 0.465 e. The molecule has 3 aliphatic rings. The maximum Gasteiger partial charge on any atom is 0.312 e. The molecule has 3 heterocycles. The van der Waals surface area contributed by atoms with E-state index < -0.39 is 17.4 Å². The Bertz CT molecular complexity index is 711. The highest BCUT2D eigenvalue weighted by atomic mass is 16.6. The summed E-state index contributed by atoms with van der Waals surface area (Å²) >= 11 is 0. The molecule has 0 unspecified atom stereocenters. The van der Waals surface area contributed by atoms with Crippen molar-refractivity contribution >= 4 is 17.6 Å². The number of amides is 1. The van der Waals surface area contributed by atoms with Gasteiger partial charge in [-0.05, 0) is 25.5 Å². The number of benzene rings is 1. The van der Waals surface area contributed by atoms with Crippen molar-refractivity contribution in [2.75, 3.05) is 18.1 Å². The van der Waals surface area contributed by atoms with Gasteiger partial charge in [-0.3, -0.25) is 9.59 Å². The van der Waals surface area contributed by atoms with Crippen LogP contribution in [0.15, 0.2) is 36.4 Å². The Morgan fingerprint density at radius 2 is 2.12 bits per heavy atom. The van der Waals surface area contributed by atoms with Crippen LogP contribution in [0.4, 0.5) is 5.69 Å². The van der Waals surface area contributed by atoms with Crippen molar-refractivity contribution in [3.05, 3.63) is 42.0 Å². The molecule has 1 aromatic rings. The topological polar surface area (TPSA) is 55.8 Å². The number of esters is 1. The maximum absolute atomic E-state index is 13.0. The molecular weight excluding hydrogens is 306 g/mol. The van der Waals surface area contributed by atoms with E-state index in [1.54, 1.807) is 4.90 Å². The number of fused-ring (bicyclic) bond motifs is 1. The first-order chi connectivity index (χ1) is 11.6. The molecule has 4 atom stereocenters. The van der Waals surface area contributed by atoms with Crippen LogP contribution < -0.4 is 4.90 Å². The van der Waals surface area contributed by atoms with Gasteiger partial charge < -0.3 is 14.4 Å². The molecule has 4 rings (SSSR count). The molecule has 2 saturated heterocycles. The van der Waals surface area contributed by atoms with E-state index in [1.807, 2.05) is 50.3 Å². The number of carbonyl (C=O) groups is 2. The monoisotopic (exact) mass is 327 g/mol. The molecule has 5 heteroatoms. The van der Waals surface area contributed by atoms with E-state index in [0.29, 0.717) is 13.2 Å². The molecule has 2 fully saturated rings. The second-order valence-corrected chi connectivity index (χ2v) is 6.83. The van der Waals surface area contributed by atoms with Gasteiger partial charge >= 0.3 is 5.97 Å². The molecule has 0 aromatic heterocycles. The zero-order valence-electron chi connectivity index (χ0n) is 13.9. The fourth-order valence-electron chi connectivity index (χ4n) is 4.01. The van der Waals surface area contributed by atoms with Crippen LogP contribution in [0.5, 0.6) is 0 Å². The smallest absolute Gasteiger partial charge is 0.312 e. The van der Waals surface area contributed by atoms with Crippen LogP contribution in [0.3, 0.4) is 0 Å². The average molecular weight is 327 g/mol. The highest BCUT2D eigenvalue weighted by molar-refractivity contribution is 6.02. The molecule has 0 N–H and O–H groups in total. The predicted octanol–water partition coefficient (Wildman–Crippen LogP) is 2.23. The van der Waals surface area contributed by atoms with E-state index in [4.69, 9.17) is 9.47 Å². The van der Waals surface area contributed by atoms with Gasteiger partial charge in [-0.15, -0.1) is 0 Å². The van der Waals surface area contributed by atoms with Crippen molar-refractivity contribution in [1.82, 2.24) is 0 Å². The SMILES string of the molecule is CCCOC(=O)[C@H]1[C@H]2C(=O)N(c3ccc(C)cc3)C[C@@]23C=C[C@H]1O3. The minimum absolute atomic E-state index is 0.0517. The highest BCUT2D eigenvalue weighted by Gasteiger charge is 2.67. The van der Waals surface area contributed by atoms with E-state index in [2.05, 4.69) is 0 Å². The van der Waals surface area contributed by atoms with Crippen LogP contribution in [0.2, 0.25) is 0 Å². The average Bonchev–Trinajstić information content (AvgIpc) is 3.22. The standard InChI is InChI=1S/C19H21NO4/c1-3-10-23-18(22)15-14-8-9-19(24-14)11-20(17(21)16(15)19)13-6-4-12(2)5-7-13/h4-9,14-16H,3,10-11H2,1-2H3/t14-,15-,16+,19+/m1/s1. The van der Waals surface area contributed by atoms with E-state index in [1.165, 1.54) is 0 Å². The summed E-state index contributed by atoms with van der Waals surface area (Å²) < 4.78 is 11.4. The van der Waals surface area contributed by atoms with Gasteiger partial charge in [0, 0.05) is 5.69 Å². The first-order valence-electron chi connectivity index (χ1n) is 8.47. The Morgan fingerprint density at radius 1 is 1.38 bits per heavy atom. The van der Waals surface area contributed by atoms with E-state index in [9.17, 15) is 9.59 Å². The summed E-state index contributed by atoms with van der Waals surface area (Å²) in [4.78, 5) is 27.2. The maximum atomic E-state index is 13.0. The second-order valence-electron chi connectivity index (χ2n) is 6.83. The summed E-state index contributed by atoms with van der Waals surface area (Å²) in [5.74, 6) is -1.40. The van der Waals surface area contributed by atoms with Crippen molar-refractivity contribution in [2.45, 2.75) is 32.0 Å².